The van der Waals surface area contributed by atoms with E-state index >= 15 is 0 Å². The maximum Gasteiger partial charge on any atom is 0.408 e. The van der Waals surface area contributed by atoms with Gasteiger partial charge in [0.05, 0.1) is 12.7 Å². The molecule has 10 nitrogen and oxygen atoms in total. The number of nitrogens with zero attached hydrogens (tertiary/aromatic N) is 3. The van der Waals surface area contributed by atoms with Gasteiger partial charge in [0.2, 0.25) is 5.91 Å². The Morgan fingerprint density at radius 1 is 1.20 bits per heavy atom. The number of carboxylic acid groups (broad SMARTS) is 1. The van der Waals surface area contributed by atoms with E-state index in [1.165, 1.54) is 16.2 Å². The van der Waals surface area contributed by atoms with Crippen LogP contribution in [0.5, 0.6) is 5.75 Å². The van der Waals surface area contributed by atoms with Gasteiger partial charge < -0.3 is 24.8 Å². The van der Waals surface area contributed by atoms with Gasteiger partial charge in [-0.2, -0.15) is 0 Å². The van der Waals surface area contributed by atoms with E-state index in [2.05, 4.69) is 15.3 Å². The fourth-order valence-corrected chi connectivity index (χ4v) is 4.38. The van der Waals surface area contributed by atoms with Gasteiger partial charge in [0.25, 0.3) is 0 Å². The van der Waals surface area contributed by atoms with Crippen molar-refractivity contribution in [3.63, 3.8) is 0 Å². The summed E-state index contributed by atoms with van der Waals surface area (Å²) in [6, 6.07) is -0.297. The third-order valence-corrected chi connectivity index (χ3v) is 6.12. The SMILES string of the molecule is CC(C)(C)OC(=O)NC(C(=O)N1CC(Oc2cncc(-c3nccs3)c2)CC1C(=O)O)C(C)(C)C. The minimum absolute atomic E-state index is 0.0554. The predicted molar refractivity (Wildman–Crippen MR) is 130 cm³/mol. The summed E-state index contributed by atoms with van der Waals surface area (Å²) in [5.74, 6) is -1.18. The smallest absolute Gasteiger partial charge is 0.408 e. The molecular formula is C24H32N4O6S. The van der Waals surface area contributed by atoms with Crippen LogP contribution < -0.4 is 10.1 Å². The number of aromatic nitrogens is 2. The van der Waals surface area contributed by atoms with Crippen molar-refractivity contribution in [3.8, 4) is 16.3 Å². The fraction of sp³-hybridized carbons (Fsp3) is 0.542. The van der Waals surface area contributed by atoms with E-state index in [4.69, 9.17) is 9.47 Å². The molecule has 1 aliphatic rings. The number of ether oxygens (including phenoxy) is 2. The second kappa shape index (κ2) is 10.2. The van der Waals surface area contributed by atoms with Crippen LogP contribution in [0.4, 0.5) is 4.79 Å². The maximum absolute atomic E-state index is 13.5. The van der Waals surface area contributed by atoms with Crippen LogP contribution >= 0.6 is 11.3 Å². The van der Waals surface area contributed by atoms with Crippen LogP contribution in [0.1, 0.15) is 48.0 Å². The number of alkyl carbamates (subject to hydrolysis) is 1. The molecule has 2 N–H and O–H groups in total. The highest BCUT2D eigenvalue weighted by Crippen LogP contribution is 2.30. The van der Waals surface area contributed by atoms with Gasteiger partial charge in [-0.15, -0.1) is 11.3 Å². The zero-order chi connectivity index (χ0) is 26.0. The van der Waals surface area contributed by atoms with E-state index in [1.54, 1.807) is 66.2 Å². The molecule has 3 heterocycles. The van der Waals surface area contributed by atoms with E-state index < -0.39 is 47.2 Å². The topological polar surface area (TPSA) is 131 Å². The van der Waals surface area contributed by atoms with Crippen LogP contribution in [0.15, 0.2) is 30.0 Å². The van der Waals surface area contributed by atoms with Crippen molar-refractivity contribution in [2.75, 3.05) is 6.54 Å². The lowest BCUT2D eigenvalue weighted by Crippen LogP contribution is -2.57. The number of thiazole rings is 1. The monoisotopic (exact) mass is 504 g/mol. The predicted octanol–water partition coefficient (Wildman–Crippen LogP) is 3.58. The van der Waals surface area contributed by atoms with Gasteiger partial charge in [0.1, 0.15) is 34.5 Å². The van der Waals surface area contributed by atoms with Gasteiger partial charge in [-0.1, -0.05) is 20.8 Å². The van der Waals surface area contributed by atoms with Gasteiger partial charge in [0.15, 0.2) is 0 Å². The number of hydrogen-bond donors (Lipinski definition) is 2. The van der Waals surface area contributed by atoms with E-state index in [0.717, 1.165) is 10.6 Å². The summed E-state index contributed by atoms with van der Waals surface area (Å²) in [7, 11) is 0. The summed E-state index contributed by atoms with van der Waals surface area (Å²) in [6.45, 7) is 10.6. The standard InChI is InChI=1S/C24H32N4O6S/c1-23(2,3)18(27-22(32)34-24(4,5)6)20(29)28-13-16(10-17(28)21(30)31)33-15-9-14(11-25-12-15)19-26-7-8-35-19/h7-9,11-12,16-18H,10,13H2,1-6H3,(H,27,32)(H,30,31). The molecule has 1 aliphatic heterocycles. The van der Waals surface area contributed by atoms with Crippen LogP contribution in [-0.2, 0) is 14.3 Å². The zero-order valence-electron chi connectivity index (χ0n) is 20.8. The molecule has 0 saturated carbocycles. The first-order valence-electron chi connectivity index (χ1n) is 11.3. The fourth-order valence-electron chi connectivity index (χ4n) is 3.76. The summed E-state index contributed by atoms with van der Waals surface area (Å²) in [5, 5.41) is 15.1. The Bertz CT molecular complexity index is 1060. The average Bonchev–Trinajstić information content (AvgIpc) is 3.40. The Labute approximate surface area is 208 Å². The summed E-state index contributed by atoms with van der Waals surface area (Å²) in [6.07, 6.45) is 3.71. The molecule has 1 saturated heterocycles. The number of hydrogen-bond acceptors (Lipinski definition) is 8. The highest BCUT2D eigenvalue weighted by molar-refractivity contribution is 7.13. The number of rotatable bonds is 6. The molecule has 35 heavy (non-hydrogen) atoms. The number of carbonyl (C=O) groups excluding carboxylic acids is 2. The first-order chi connectivity index (χ1) is 16.2. The lowest BCUT2D eigenvalue weighted by atomic mass is 9.85. The summed E-state index contributed by atoms with van der Waals surface area (Å²) in [5.41, 5.74) is -0.651. The second-order valence-electron chi connectivity index (χ2n) is 10.5. The van der Waals surface area contributed by atoms with E-state index in [-0.39, 0.29) is 13.0 Å². The Hall–Kier alpha value is -3.21. The van der Waals surface area contributed by atoms with Crippen LogP contribution in [-0.4, -0.2) is 68.3 Å². The van der Waals surface area contributed by atoms with Crippen molar-refractivity contribution >= 4 is 29.3 Å². The molecule has 1 fully saturated rings. The number of aliphatic carboxylic acids is 1. The molecule has 190 valence electrons. The van der Waals surface area contributed by atoms with Crippen molar-refractivity contribution in [1.82, 2.24) is 20.2 Å². The lowest BCUT2D eigenvalue weighted by molar-refractivity contribution is -0.150. The third-order valence-electron chi connectivity index (χ3n) is 5.30. The lowest BCUT2D eigenvalue weighted by Gasteiger charge is -2.35. The van der Waals surface area contributed by atoms with Gasteiger partial charge >= 0.3 is 12.1 Å². The molecule has 2 aromatic heterocycles. The first-order valence-corrected chi connectivity index (χ1v) is 12.2. The van der Waals surface area contributed by atoms with E-state index in [1.807, 2.05) is 5.38 Å². The van der Waals surface area contributed by atoms with Gasteiger partial charge in [-0.05, 0) is 32.3 Å². The first kappa shape index (κ1) is 26.4. The Balaban J connectivity index is 1.77. The van der Waals surface area contributed by atoms with Crippen LogP contribution in [0.3, 0.4) is 0 Å². The Kier molecular flexibility index (Phi) is 7.68. The molecule has 3 rings (SSSR count). The normalized spacial score (nSPS) is 19.2. The Morgan fingerprint density at radius 2 is 1.91 bits per heavy atom. The molecule has 3 unspecified atom stereocenters. The van der Waals surface area contributed by atoms with Gasteiger partial charge in [-0.3, -0.25) is 9.78 Å². The maximum atomic E-state index is 13.5. The zero-order valence-corrected chi connectivity index (χ0v) is 21.6. The number of nitrogens with one attached hydrogen (secondary N) is 1. The summed E-state index contributed by atoms with van der Waals surface area (Å²) in [4.78, 5) is 47.7. The molecule has 0 aliphatic carbocycles. The van der Waals surface area contributed by atoms with Crippen molar-refractivity contribution in [3.05, 3.63) is 30.0 Å². The van der Waals surface area contributed by atoms with E-state index in [9.17, 15) is 19.5 Å². The van der Waals surface area contributed by atoms with Crippen molar-refractivity contribution in [2.45, 2.75) is 71.8 Å². The number of likely N-dealkylation sites (tertiary alicyclic amines) is 1. The van der Waals surface area contributed by atoms with Crippen molar-refractivity contribution < 1.29 is 29.0 Å². The molecule has 0 aromatic carbocycles. The molecule has 0 spiro atoms. The highest BCUT2D eigenvalue weighted by Gasteiger charge is 2.46. The minimum Gasteiger partial charge on any atom is -0.487 e. The number of amides is 2. The average molecular weight is 505 g/mol. The molecule has 0 radical (unpaired) electrons. The largest absolute Gasteiger partial charge is 0.487 e. The summed E-state index contributed by atoms with van der Waals surface area (Å²) < 4.78 is 11.4. The second-order valence-corrected chi connectivity index (χ2v) is 11.4. The quantitative estimate of drug-likeness (QED) is 0.610. The molecule has 3 atom stereocenters. The molecule has 2 amide bonds. The van der Waals surface area contributed by atoms with E-state index in [0.29, 0.717) is 5.75 Å². The molecule has 2 aromatic rings. The highest BCUT2D eigenvalue weighted by atomic mass is 32.1. The Morgan fingerprint density at radius 3 is 2.49 bits per heavy atom. The van der Waals surface area contributed by atoms with Crippen LogP contribution in [0.25, 0.3) is 10.6 Å². The van der Waals surface area contributed by atoms with Crippen LogP contribution in [0, 0.1) is 5.41 Å². The molecule has 11 heteroatoms. The minimum atomic E-state index is -1.14. The van der Waals surface area contributed by atoms with Crippen molar-refractivity contribution in [1.29, 1.82) is 0 Å². The summed E-state index contributed by atoms with van der Waals surface area (Å²) >= 11 is 1.47. The number of carbonyl (C=O) groups is 3. The number of carboxylic acids is 1. The number of pyridine rings is 1. The van der Waals surface area contributed by atoms with Crippen molar-refractivity contribution in [2.24, 2.45) is 5.41 Å². The third kappa shape index (κ3) is 6.91. The van der Waals surface area contributed by atoms with Gasteiger partial charge in [-0.25, -0.2) is 14.6 Å². The van der Waals surface area contributed by atoms with Crippen LogP contribution in [0.2, 0.25) is 0 Å². The van der Waals surface area contributed by atoms with Gasteiger partial charge in [0, 0.05) is 29.8 Å². The molecule has 0 bridgehead atoms. The molecular weight excluding hydrogens is 472 g/mol.